The summed E-state index contributed by atoms with van der Waals surface area (Å²) in [6.07, 6.45) is 1.37. The van der Waals surface area contributed by atoms with E-state index < -0.39 is 5.97 Å². The van der Waals surface area contributed by atoms with Crippen molar-refractivity contribution in [3.05, 3.63) is 16.1 Å². The SMILES string of the molecule is Cc1csc(C2CC(C(=O)O)CCN2)n1. The van der Waals surface area contributed by atoms with Crippen LogP contribution in [-0.2, 0) is 4.79 Å². The lowest BCUT2D eigenvalue weighted by Gasteiger charge is -2.26. The van der Waals surface area contributed by atoms with Gasteiger partial charge in [-0.3, -0.25) is 4.79 Å². The Labute approximate surface area is 92.3 Å². The number of rotatable bonds is 2. The maximum atomic E-state index is 10.9. The van der Waals surface area contributed by atoms with E-state index in [1.165, 1.54) is 0 Å². The number of piperidine rings is 1. The minimum absolute atomic E-state index is 0.124. The molecule has 82 valence electrons. The molecule has 0 aromatic carbocycles. The second-order valence-electron chi connectivity index (χ2n) is 3.89. The first-order valence-corrected chi connectivity index (χ1v) is 5.93. The molecule has 1 aliphatic rings. The number of nitrogens with one attached hydrogen (secondary N) is 1. The highest BCUT2D eigenvalue weighted by Crippen LogP contribution is 2.29. The molecule has 0 aliphatic carbocycles. The van der Waals surface area contributed by atoms with Crippen molar-refractivity contribution in [1.29, 1.82) is 0 Å². The summed E-state index contributed by atoms with van der Waals surface area (Å²) in [5.41, 5.74) is 1.01. The van der Waals surface area contributed by atoms with Crippen molar-refractivity contribution in [2.24, 2.45) is 5.92 Å². The average molecular weight is 226 g/mol. The van der Waals surface area contributed by atoms with Gasteiger partial charge < -0.3 is 10.4 Å². The Bertz CT molecular complexity index is 364. The fourth-order valence-corrected chi connectivity index (χ4v) is 2.75. The van der Waals surface area contributed by atoms with Crippen molar-refractivity contribution in [3.8, 4) is 0 Å². The maximum absolute atomic E-state index is 10.9. The molecular formula is C10H14N2O2S. The minimum Gasteiger partial charge on any atom is -0.481 e. The highest BCUT2D eigenvalue weighted by atomic mass is 32.1. The van der Waals surface area contributed by atoms with Crippen LogP contribution in [0.15, 0.2) is 5.38 Å². The summed E-state index contributed by atoms with van der Waals surface area (Å²) in [6.45, 7) is 2.72. The fraction of sp³-hybridized carbons (Fsp3) is 0.600. The molecule has 1 aromatic heterocycles. The number of hydrogen-bond acceptors (Lipinski definition) is 4. The van der Waals surface area contributed by atoms with Crippen molar-refractivity contribution in [2.45, 2.75) is 25.8 Å². The fourth-order valence-electron chi connectivity index (χ4n) is 1.86. The van der Waals surface area contributed by atoms with Crippen LogP contribution in [0.25, 0.3) is 0 Å². The number of nitrogens with zero attached hydrogens (tertiary/aromatic N) is 1. The van der Waals surface area contributed by atoms with Gasteiger partial charge in [-0.2, -0.15) is 0 Å². The molecule has 2 rings (SSSR count). The second kappa shape index (κ2) is 4.28. The smallest absolute Gasteiger partial charge is 0.306 e. The van der Waals surface area contributed by atoms with Gasteiger partial charge in [0.05, 0.1) is 12.0 Å². The highest BCUT2D eigenvalue weighted by Gasteiger charge is 2.28. The van der Waals surface area contributed by atoms with Gasteiger partial charge in [-0.05, 0) is 26.3 Å². The van der Waals surface area contributed by atoms with Gasteiger partial charge in [0.1, 0.15) is 5.01 Å². The highest BCUT2D eigenvalue weighted by molar-refractivity contribution is 7.09. The van der Waals surface area contributed by atoms with Crippen molar-refractivity contribution in [3.63, 3.8) is 0 Å². The molecule has 0 radical (unpaired) electrons. The normalized spacial score (nSPS) is 26.5. The van der Waals surface area contributed by atoms with E-state index in [4.69, 9.17) is 5.11 Å². The molecule has 0 bridgehead atoms. The summed E-state index contributed by atoms with van der Waals surface area (Å²) >= 11 is 1.60. The van der Waals surface area contributed by atoms with Gasteiger partial charge in [-0.1, -0.05) is 0 Å². The Kier molecular flexibility index (Phi) is 3.02. The molecule has 0 spiro atoms. The number of aromatic nitrogens is 1. The molecule has 0 saturated carbocycles. The van der Waals surface area contributed by atoms with E-state index in [1.54, 1.807) is 11.3 Å². The van der Waals surface area contributed by atoms with Gasteiger partial charge in [-0.25, -0.2) is 4.98 Å². The van der Waals surface area contributed by atoms with Crippen molar-refractivity contribution < 1.29 is 9.90 Å². The van der Waals surface area contributed by atoms with Crippen LogP contribution >= 0.6 is 11.3 Å². The summed E-state index contributed by atoms with van der Waals surface area (Å²) in [5.74, 6) is -0.907. The molecule has 2 heterocycles. The summed E-state index contributed by atoms with van der Waals surface area (Å²) in [4.78, 5) is 15.3. The molecule has 2 atom stereocenters. The molecule has 5 heteroatoms. The first-order valence-electron chi connectivity index (χ1n) is 5.05. The van der Waals surface area contributed by atoms with Gasteiger partial charge in [0.2, 0.25) is 0 Å². The molecule has 15 heavy (non-hydrogen) atoms. The summed E-state index contributed by atoms with van der Waals surface area (Å²) in [5, 5.41) is 15.3. The molecule has 1 saturated heterocycles. The molecule has 1 aromatic rings. The topological polar surface area (TPSA) is 62.2 Å². The third-order valence-electron chi connectivity index (χ3n) is 2.69. The predicted molar refractivity (Wildman–Crippen MR) is 58.0 cm³/mol. The van der Waals surface area contributed by atoms with E-state index in [9.17, 15) is 4.79 Å². The average Bonchev–Trinajstić information content (AvgIpc) is 2.65. The number of carboxylic acid groups (broad SMARTS) is 1. The summed E-state index contributed by atoms with van der Waals surface area (Å²) in [6, 6.07) is 0.124. The van der Waals surface area contributed by atoms with E-state index in [1.807, 2.05) is 12.3 Å². The van der Waals surface area contributed by atoms with Crippen LogP contribution in [0, 0.1) is 12.8 Å². The van der Waals surface area contributed by atoms with Gasteiger partial charge in [0.15, 0.2) is 0 Å². The lowest BCUT2D eigenvalue weighted by atomic mass is 9.93. The van der Waals surface area contributed by atoms with Gasteiger partial charge in [0, 0.05) is 11.1 Å². The number of carbonyl (C=O) groups is 1. The van der Waals surface area contributed by atoms with Crippen molar-refractivity contribution in [2.75, 3.05) is 6.54 Å². The van der Waals surface area contributed by atoms with Gasteiger partial charge >= 0.3 is 5.97 Å². The van der Waals surface area contributed by atoms with E-state index in [0.717, 1.165) is 23.7 Å². The Balaban J connectivity index is 2.07. The Morgan fingerprint density at radius 3 is 3.13 bits per heavy atom. The number of aryl methyl sites for hydroxylation is 1. The Morgan fingerprint density at radius 2 is 2.53 bits per heavy atom. The lowest BCUT2D eigenvalue weighted by molar-refractivity contribution is -0.143. The first-order chi connectivity index (χ1) is 7.16. The molecule has 4 nitrogen and oxygen atoms in total. The molecule has 2 N–H and O–H groups in total. The van der Waals surface area contributed by atoms with E-state index in [-0.39, 0.29) is 12.0 Å². The van der Waals surface area contributed by atoms with Gasteiger partial charge in [0.25, 0.3) is 0 Å². The summed E-state index contributed by atoms with van der Waals surface area (Å²) in [7, 11) is 0. The van der Waals surface area contributed by atoms with Crippen LogP contribution in [0.2, 0.25) is 0 Å². The zero-order chi connectivity index (χ0) is 10.8. The van der Waals surface area contributed by atoms with Gasteiger partial charge in [-0.15, -0.1) is 11.3 Å². The van der Waals surface area contributed by atoms with Crippen LogP contribution in [0.4, 0.5) is 0 Å². The summed E-state index contributed by atoms with van der Waals surface area (Å²) < 4.78 is 0. The molecular weight excluding hydrogens is 212 g/mol. The third kappa shape index (κ3) is 2.35. The predicted octanol–water partition coefficient (Wildman–Crippen LogP) is 1.58. The Morgan fingerprint density at radius 1 is 1.73 bits per heavy atom. The van der Waals surface area contributed by atoms with E-state index >= 15 is 0 Å². The van der Waals surface area contributed by atoms with E-state index in [0.29, 0.717) is 6.42 Å². The van der Waals surface area contributed by atoms with Crippen LogP contribution in [0.3, 0.4) is 0 Å². The second-order valence-corrected chi connectivity index (χ2v) is 4.78. The minimum atomic E-state index is -0.685. The molecule has 1 aliphatic heterocycles. The zero-order valence-electron chi connectivity index (χ0n) is 8.56. The first kappa shape index (κ1) is 10.6. The lowest BCUT2D eigenvalue weighted by Crippen LogP contribution is -2.34. The monoisotopic (exact) mass is 226 g/mol. The van der Waals surface area contributed by atoms with Crippen molar-refractivity contribution in [1.82, 2.24) is 10.3 Å². The maximum Gasteiger partial charge on any atom is 0.306 e. The number of aliphatic carboxylic acids is 1. The number of hydrogen-bond donors (Lipinski definition) is 2. The quantitative estimate of drug-likeness (QED) is 0.803. The van der Waals surface area contributed by atoms with Crippen LogP contribution in [-0.4, -0.2) is 22.6 Å². The Hall–Kier alpha value is -0.940. The molecule has 0 amide bonds. The van der Waals surface area contributed by atoms with Crippen LogP contribution < -0.4 is 5.32 Å². The standard InChI is InChI=1S/C10H14N2O2S/c1-6-5-15-9(12-6)8-4-7(10(13)14)2-3-11-8/h5,7-8,11H,2-4H2,1H3,(H,13,14). The number of carboxylic acids is 1. The largest absolute Gasteiger partial charge is 0.481 e. The van der Waals surface area contributed by atoms with Crippen molar-refractivity contribution >= 4 is 17.3 Å². The van der Waals surface area contributed by atoms with Crippen LogP contribution in [0.5, 0.6) is 0 Å². The molecule has 2 unspecified atom stereocenters. The molecule has 1 fully saturated rings. The number of thiazole rings is 1. The zero-order valence-corrected chi connectivity index (χ0v) is 9.38. The third-order valence-corrected chi connectivity index (χ3v) is 3.76. The van der Waals surface area contributed by atoms with E-state index in [2.05, 4.69) is 10.3 Å². The van der Waals surface area contributed by atoms with Crippen LogP contribution in [0.1, 0.15) is 29.6 Å².